The molecule has 0 aliphatic rings. The monoisotopic (exact) mass is 248 g/mol. The molecule has 0 nitrogen and oxygen atoms in total. The van der Waals surface area contributed by atoms with Crippen LogP contribution in [0.3, 0.4) is 0 Å². The molecular formula is C17H33B. The lowest BCUT2D eigenvalue weighted by Crippen LogP contribution is -2.29. The van der Waals surface area contributed by atoms with Gasteiger partial charge in [-0.2, -0.15) is 0 Å². The molecule has 0 aliphatic carbocycles. The number of hydrogen-bond acceptors (Lipinski definition) is 0. The molecule has 0 aliphatic heterocycles. The van der Waals surface area contributed by atoms with E-state index >= 15 is 0 Å². The second-order valence-corrected chi connectivity index (χ2v) is 5.99. The predicted molar refractivity (Wildman–Crippen MR) is 87.5 cm³/mol. The number of rotatable bonds is 8. The van der Waals surface area contributed by atoms with Crippen LogP contribution in [0.1, 0.15) is 67.2 Å². The first-order valence-corrected chi connectivity index (χ1v) is 7.70. The van der Waals surface area contributed by atoms with Crippen LogP contribution in [0.15, 0.2) is 23.7 Å². The van der Waals surface area contributed by atoms with Crippen molar-refractivity contribution < 1.29 is 0 Å². The Morgan fingerprint density at radius 3 is 2.28 bits per heavy atom. The molecule has 0 bridgehead atoms. The Hall–Kier alpha value is -0.455. The molecule has 0 spiro atoms. The Balaban J connectivity index is 4.66. The van der Waals surface area contributed by atoms with Gasteiger partial charge in [-0.05, 0) is 37.9 Å². The van der Waals surface area contributed by atoms with Gasteiger partial charge in [0.15, 0.2) is 6.71 Å². The van der Waals surface area contributed by atoms with Crippen molar-refractivity contribution >= 4 is 6.71 Å². The normalized spacial score (nSPS) is 17.8. The molecule has 0 aromatic rings. The zero-order chi connectivity index (χ0) is 14.2. The first-order chi connectivity index (χ1) is 8.45. The Bertz CT molecular complexity index is 277. The molecule has 0 N–H and O–H groups in total. The molecule has 0 aromatic heterocycles. The van der Waals surface area contributed by atoms with Gasteiger partial charge in [0, 0.05) is 0 Å². The highest BCUT2D eigenvalue weighted by atomic mass is 14.2. The van der Waals surface area contributed by atoms with Crippen molar-refractivity contribution in [3.63, 3.8) is 0 Å². The minimum Gasteiger partial charge on any atom is -0.108 e. The van der Waals surface area contributed by atoms with Crippen LogP contribution in [0.4, 0.5) is 0 Å². The maximum atomic E-state index is 2.47. The number of hydrogen-bond donors (Lipinski definition) is 0. The van der Waals surface area contributed by atoms with Crippen LogP contribution in [0.2, 0.25) is 12.1 Å². The first kappa shape index (κ1) is 17.5. The molecule has 0 rings (SSSR count). The van der Waals surface area contributed by atoms with Crippen LogP contribution < -0.4 is 0 Å². The van der Waals surface area contributed by atoms with E-state index in [1.807, 2.05) is 0 Å². The second kappa shape index (κ2) is 8.61. The minimum atomic E-state index is 0.450. The zero-order valence-corrected chi connectivity index (χ0v) is 13.7. The van der Waals surface area contributed by atoms with Crippen molar-refractivity contribution in [1.29, 1.82) is 0 Å². The Morgan fingerprint density at radius 1 is 1.28 bits per heavy atom. The zero-order valence-electron chi connectivity index (χ0n) is 13.7. The molecule has 0 radical (unpaired) electrons. The van der Waals surface area contributed by atoms with Crippen LogP contribution >= 0.6 is 0 Å². The molecule has 2 atom stereocenters. The minimum absolute atomic E-state index is 0.450. The summed E-state index contributed by atoms with van der Waals surface area (Å²) in [5.74, 6) is 0.763. The number of allylic oxidation sites excluding steroid dienone is 4. The van der Waals surface area contributed by atoms with E-state index < -0.39 is 0 Å². The maximum Gasteiger partial charge on any atom is 0.172 e. The first-order valence-electron chi connectivity index (χ1n) is 7.70. The molecular weight excluding hydrogens is 215 g/mol. The van der Waals surface area contributed by atoms with Gasteiger partial charge in [-0.15, -0.1) is 5.47 Å². The van der Waals surface area contributed by atoms with Gasteiger partial charge in [-0.1, -0.05) is 65.6 Å². The van der Waals surface area contributed by atoms with E-state index in [0.29, 0.717) is 12.0 Å². The summed E-state index contributed by atoms with van der Waals surface area (Å²) >= 11 is 0. The highest BCUT2D eigenvalue weighted by Gasteiger charge is 2.32. The summed E-state index contributed by atoms with van der Waals surface area (Å²) in [5.41, 5.74) is 1.54. The summed E-state index contributed by atoms with van der Waals surface area (Å²) in [7, 11) is 0. The third-order valence-corrected chi connectivity index (χ3v) is 5.07. The molecule has 0 saturated carbocycles. The Labute approximate surface area is 116 Å². The molecule has 0 aromatic carbocycles. The quantitative estimate of drug-likeness (QED) is 0.356. The second-order valence-electron chi connectivity index (χ2n) is 5.99. The summed E-state index contributed by atoms with van der Waals surface area (Å²) in [6, 6.07) is 0. The predicted octanol–water partition coefficient (Wildman–Crippen LogP) is 6.17. The summed E-state index contributed by atoms with van der Waals surface area (Å²) in [6.45, 7) is 16.8. The van der Waals surface area contributed by atoms with E-state index in [2.05, 4.69) is 66.6 Å². The fourth-order valence-electron chi connectivity index (χ4n) is 2.72. The topological polar surface area (TPSA) is 0 Å². The molecule has 0 heterocycles. The van der Waals surface area contributed by atoms with Crippen LogP contribution in [0.25, 0.3) is 0 Å². The largest absolute Gasteiger partial charge is 0.172 e. The highest BCUT2D eigenvalue weighted by Crippen LogP contribution is 2.42. The Kier molecular flexibility index (Phi) is 8.40. The summed E-state index contributed by atoms with van der Waals surface area (Å²) in [5, 5.41) is 0.450. The van der Waals surface area contributed by atoms with Gasteiger partial charge < -0.3 is 0 Å². The molecule has 1 heteroatoms. The average molecular weight is 248 g/mol. The van der Waals surface area contributed by atoms with Gasteiger partial charge >= 0.3 is 0 Å². The van der Waals surface area contributed by atoms with Crippen molar-refractivity contribution in [2.24, 2.45) is 5.92 Å². The molecule has 0 amide bonds. The van der Waals surface area contributed by atoms with E-state index in [4.69, 9.17) is 0 Å². The lowest BCUT2D eigenvalue weighted by atomic mass is 9.30. The lowest BCUT2D eigenvalue weighted by molar-refractivity contribution is 0.447. The molecule has 2 unspecified atom stereocenters. The van der Waals surface area contributed by atoms with Gasteiger partial charge in [-0.3, -0.25) is 0 Å². The van der Waals surface area contributed by atoms with E-state index in [0.717, 1.165) is 5.92 Å². The van der Waals surface area contributed by atoms with Crippen LogP contribution in [-0.4, -0.2) is 6.71 Å². The third-order valence-electron chi connectivity index (χ3n) is 5.07. The fourth-order valence-corrected chi connectivity index (χ4v) is 2.72. The van der Waals surface area contributed by atoms with E-state index in [-0.39, 0.29) is 0 Å². The van der Waals surface area contributed by atoms with Crippen molar-refractivity contribution in [3.8, 4) is 0 Å². The summed E-state index contributed by atoms with van der Waals surface area (Å²) in [4.78, 5) is 0. The molecule has 18 heavy (non-hydrogen) atoms. The Morgan fingerprint density at radius 2 is 1.89 bits per heavy atom. The standard InChI is InChI=1S/C17H33B/c1-8-12-16(10-3)13-14-17(6,11-4)18(7)15(5)9-2/h8-9,12,16H,10-11,13-14H2,1-7H3/b12-8?,15-9-. The van der Waals surface area contributed by atoms with E-state index in [1.165, 1.54) is 25.7 Å². The summed E-state index contributed by atoms with van der Waals surface area (Å²) in [6.07, 6.45) is 12.1. The molecule has 0 fully saturated rings. The summed E-state index contributed by atoms with van der Waals surface area (Å²) < 4.78 is 0. The van der Waals surface area contributed by atoms with Gasteiger partial charge in [0.25, 0.3) is 0 Å². The molecule has 104 valence electrons. The smallest absolute Gasteiger partial charge is 0.108 e. The van der Waals surface area contributed by atoms with Crippen molar-refractivity contribution in [2.45, 2.75) is 79.4 Å². The van der Waals surface area contributed by atoms with Gasteiger partial charge in [0.1, 0.15) is 0 Å². The fraction of sp³-hybridized carbons (Fsp3) is 0.765. The van der Waals surface area contributed by atoms with Crippen molar-refractivity contribution in [3.05, 3.63) is 23.7 Å². The van der Waals surface area contributed by atoms with Crippen LogP contribution in [0.5, 0.6) is 0 Å². The van der Waals surface area contributed by atoms with Crippen LogP contribution in [-0.2, 0) is 0 Å². The average Bonchev–Trinajstić information content (AvgIpc) is 2.41. The van der Waals surface area contributed by atoms with Crippen molar-refractivity contribution in [2.75, 3.05) is 0 Å². The molecule has 0 saturated heterocycles. The van der Waals surface area contributed by atoms with Gasteiger partial charge in [0.05, 0.1) is 0 Å². The maximum absolute atomic E-state index is 2.47. The highest BCUT2D eigenvalue weighted by molar-refractivity contribution is 6.68. The van der Waals surface area contributed by atoms with Gasteiger partial charge in [0.2, 0.25) is 0 Å². The van der Waals surface area contributed by atoms with E-state index in [1.54, 1.807) is 5.47 Å². The van der Waals surface area contributed by atoms with E-state index in [9.17, 15) is 0 Å². The third kappa shape index (κ3) is 5.04. The lowest BCUT2D eigenvalue weighted by Gasteiger charge is -2.34. The van der Waals surface area contributed by atoms with Crippen LogP contribution in [0, 0.1) is 5.92 Å². The van der Waals surface area contributed by atoms with Crippen molar-refractivity contribution in [1.82, 2.24) is 0 Å². The van der Waals surface area contributed by atoms with Gasteiger partial charge in [-0.25, -0.2) is 0 Å². The SMILES string of the molecule is CC=CC(CC)CCC(C)(CC)B(C)/C(C)=C\C.